The number of benzene rings is 2. The minimum absolute atomic E-state index is 0.0606. The van der Waals surface area contributed by atoms with Gasteiger partial charge in [0.05, 0.1) is 99.5 Å². The van der Waals surface area contributed by atoms with Crippen LogP contribution in [0.15, 0.2) is 61.2 Å². The molecule has 6 atom stereocenters. The Morgan fingerprint density at radius 2 is 0.897 bits per heavy atom. The fourth-order valence-corrected chi connectivity index (χ4v) is 12.2. The molecule has 0 unspecified atom stereocenters. The van der Waals surface area contributed by atoms with Crippen LogP contribution < -0.4 is 18.9 Å². The molecule has 424 valence electrons. The Kier molecular flexibility index (Phi) is 20.3. The van der Waals surface area contributed by atoms with Gasteiger partial charge in [-0.2, -0.15) is 0 Å². The molecule has 0 N–H and O–H groups in total. The third kappa shape index (κ3) is 14.0. The quantitative estimate of drug-likeness (QED) is 0.0638. The molecule has 24 heteroatoms. The van der Waals surface area contributed by atoms with Crippen molar-refractivity contribution in [2.75, 3.05) is 54.9 Å². The van der Waals surface area contributed by atoms with Crippen LogP contribution in [0.25, 0.3) is 11.4 Å². The summed E-state index contributed by atoms with van der Waals surface area (Å²) in [6.45, 7) is 16.6. The Labute approximate surface area is 457 Å². The topological polar surface area (TPSA) is 255 Å². The molecular formula is C54H74N10O12S2. The van der Waals surface area contributed by atoms with Crippen LogP contribution in [0.2, 0.25) is 0 Å². The van der Waals surface area contributed by atoms with Gasteiger partial charge in [-0.1, -0.05) is 12.1 Å². The first kappa shape index (κ1) is 59.5. The van der Waals surface area contributed by atoms with Gasteiger partial charge in [0.2, 0.25) is 0 Å². The third-order valence-corrected chi connectivity index (χ3v) is 17.6. The van der Waals surface area contributed by atoms with Gasteiger partial charge in [-0.25, -0.2) is 16.8 Å². The van der Waals surface area contributed by atoms with Gasteiger partial charge in [-0.3, -0.25) is 29.1 Å². The van der Waals surface area contributed by atoms with Crippen molar-refractivity contribution in [3.63, 3.8) is 0 Å². The summed E-state index contributed by atoms with van der Waals surface area (Å²) in [7, 11) is -1.44. The van der Waals surface area contributed by atoms with E-state index < -0.39 is 42.4 Å². The van der Waals surface area contributed by atoms with Crippen molar-refractivity contribution in [1.82, 2.24) is 49.5 Å². The lowest BCUT2D eigenvalue weighted by molar-refractivity contribution is 0.00360. The van der Waals surface area contributed by atoms with Gasteiger partial charge in [-0.15, -0.1) is 20.4 Å². The number of sulfone groups is 2. The van der Waals surface area contributed by atoms with Gasteiger partial charge in [0.25, 0.3) is 0 Å². The molecule has 0 aliphatic carbocycles. The molecule has 0 amide bonds. The van der Waals surface area contributed by atoms with Crippen molar-refractivity contribution in [2.45, 2.75) is 139 Å². The summed E-state index contributed by atoms with van der Waals surface area (Å²) in [5.41, 5.74) is 3.47. The summed E-state index contributed by atoms with van der Waals surface area (Å²) < 4.78 is 106. The monoisotopic (exact) mass is 1120 g/mol. The molecule has 4 aromatic heterocycles. The first-order chi connectivity index (χ1) is 37.3. The van der Waals surface area contributed by atoms with Gasteiger partial charge in [0.1, 0.15) is 69.7 Å². The number of para-hydroxylation sites is 2. The smallest absolute Gasteiger partial charge is 0.163 e. The highest BCUT2D eigenvalue weighted by Gasteiger charge is 2.39. The average Bonchev–Trinajstić information content (AvgIpc) is 4.04. The van der Waals surface area contributed by atoms with Crippen molar-refractivity contribution >= 4 is 19.7 Å². The number of nitrogens with zero attached hydrogens (tertiary/aromatic N) is 10. The van der Waals surface area contributed by atoms with E-state index in [4.69, 9.17) is 37.9 Å². The maximum Gasteiger partial charge on any atom is 0.163 e. The Bertz CT molecular complexity index is 2870. The molecule has 2 aromatic carbocycles. The first-order valence-corrected chi connectivity index (χ1v) is 29.5. The number of hydrogen-bond donors (Lipinski definition) is 0. The predicted octanol–water partition coefficient (Wildman–Crippen LogP) is 7.49. The van der Waals surface area contributed by atoms with Crippen molar-refractivity contribution in [3.05, 3.63) is 107 Å². The summed E-state index contributed by atoms with van der Waals surface area (Å²) in [6, 6.07) is 10.8. The molecule has 0 spiro atoms. The van der Waals surface area contributed by atoms with Crippen LogP contribution in [-0.4, -0.2) is 144 Å². The minimum Gasteiger partial charge on any atom is -0.494 e. The van der Waals surface area contributed by atoms with E-state index in [1.165, 1.54) is 0 Å². The Morgan fingerprint density at radius 1 is 0.538 bits per heavy atom. The highest BCUT2D eigenvalue weighted by atomic mass is 32.2. The van der Waals surface area contributed by atoms with Crippen LogP contribution in [0.3, 0.4) is 0 Å². The van der Waals surface area contributed by atoms with Crippen LogP contribution in [-0.2, 0) is 50.1 Å². The van der Waals surface area contributed by atoms with Gasteiger partial charge < -0.3 is 37.9 Å². The summed E-state index contributed by atoms with van der Waals surface area (Å²) in [5, 5.41) is 15.8. The van der Waals surface area contributed by atoms with Gasteiger partial charge in [0.15, 0.2) is 31.3 Å². The van der Waals surface area contributed by atoms with Gasteiger partial charge >= 0.3 is 0 Å². The molecule has 2 aliphatic rings. The third-order valence-electron chi connectivity index (χ3n) is 13.5. The second kappa shape index (κ2) is 26.6. The molecule has 78 heavy (non-hydrogen) atoms. The largest absolute Gasteiger partial charge is 0.494 e. The van der Waals surface area contributed by atoms with Crippen LogP contribution in [0, 0.1) is 13.8 Å². The lowest BCUT2D eigenvalue weighted by Gasteiger charge is -2.26. The van der Waals surface area contributed by atoms with E-state index >= 15 is 0 Å². The van der Waals surface area contributed by atoms with E-state index in [9.17, 15) is 16.8 Å². The molecular weight excluding hydrogens is 1040 g/mol. The predicted molar refractivity (Wildman–Crippen MR) is 290 cm³/mol. The zero-order valence-electron chi connectivity index (χ0n) is 46.7. The summed E-state index contributed by atoms with van der Waals surface area (Å²) in [5.74, 6) is 2.87. The zero-order chi connectivity index (χ0) is 56.3. The number of methoxy groups -OCH3 is 4. The summed E-state index contributed by atoms with van der Waals surface area (Å²) >= 11 is 0. The van der Waals surface area contributed by atoms with Crippen LogP contribution in [0.1, 0.15) is 137 Å². The number of rotatable bonds is 22. The second-order valence-corrected chi connectivity index (χ2v) is 24.6. The molecule has 0 saturated carbocycles. The Morgan fingerprint density at radius 3 is 1.18 bits per heavy atom. The summed E-state index contributed by atoms with van der Waals surface area (Å²) in [6.07, 6.45) is 7.69. The standard InChI is InChI=1S/2C27H37N5O6S/c2*1-17(2)38-26(21-14-28-18(3)13-29-21)19(4)39(33,34)16-24-30-31-27(20-9-8-12-37-15-20)32(24)25-22(35-5)10-7-11-23(25)36-6/h2*7,10-11,13-14,17,19-20,26H,8-9,12,15-16H2,1-6H3/t19-,20+,26+;19-,20-,26+/m00/s1. The molecule has 22 nitrogen and oxygen atoms in total. The normalized spacial score (nSPS) is 17.7. The van der Waals surface area contributed by atoms with Crippen LogP contribution >= 0.6 is 0 Å². The minimum atomic E-state index is -3.83. The zero-order valence-corrected chi connectivity index (χ0v) is 48.3. The van der Waals surface area contributed by atoms with Crippen molar-refractivity contribution in [3.8, 4) is 34.4 Å². The van der Waals surface area contributed by atoms with Gasteiger partial charge in [-0.05, 0) is 105 Å². The SMILES string of the molecule is COc1cccc(OC)c1-n1c(CS(=O)(=O)[C@@H](C)[C@@H](OC(C)C)c2cnc(C)cn2)nnc1[C@@H]1CCCOC1.COc1cccc(OC)c1-n1c(CS(=O)(=O)[C@@H](C)[C@@H](OC(C)C)c2cnc(C)cn2)nnc1[C@H]1CCCOC1. The number of ether oxygens (including phenoxy) is 8. The first-order valence-electron chi connectivity index (χ1n) is 26.1. The molecule has 2 saturated heterocycles. The number of aromatic nitrogens is 10. The number of aryl methyl sites for hydroxylation is 2. The highest BCUT2D eigenvalue weighted by Crippen LogP contribution is 2.40. The van der Waals surface area contributed by atoms with Crippen LogP contribution in [0.5, 0.6) is 23.0 Å². The fourth-order valence-electron chi connectivity index (χ4n) is 9.38. The van der Waals surface area contributed by atoms with E-state index in [1.807, 2.05) is 53.7 Å². The van der Waals surface area contributed by atoms with Gasteiger partial charge in [0, 0.05) is 37.4 Å². The Hall–Kier alpha value is -6.18. The van der Waals surface area contributed by atoms with Crippen molar-refractivity contribution < 1.29 is 54.7 Å². The molecule has 0 radical (unpaired) electrons. The van der Waals surface area contributed by atoms with E-state index in [1.54, 1.807) is 100 Å². The second-order valence-electron chi connectivity index (χ2n) is 19.9. The fraction of sp³-hybridized carbons (Fsp3) is 0.556. The molecule has 2 fully saturated rings. The van der Waals surface area contributed by atoms with Crippen LogP contribution in [0.4, 0.5) is 0 Å². The molecule has 6 aromatic rings. The molecule has 6 heterocycles. The van der Waals surface area contributed by atoms with E-state index in [0.29, 0.717) is 83.8 Å². The maximum atomic E-state index is 13.9. The lowest BCUT2D eigenvalue weighted by atomic mass is 10.0. The lowest BCUT2D eigenvalue weighted by Crippen LogP contribution is -2.31. The molecule has 8 rings (SSSR count). The van der Waals surface area contributed by atoms with E-state index in [-0.39, 0.29) is 47.2 Å². The number of hydrogen-bond acceptors (Lipinski definition) is 20. The van der Waals surface area contributed by atoms with E-state index in [0.717, 1.165) is 37.1 Å². The maximum absolute atomic E-state index is 13.9. The summed E-state index contributed by atoms with van der Waals surface area (Å²) in [4.78, 5) is 17.4. The van der Waals surface area contributed by atoms with E-state index in [2.05, 4.69) is 40.3 Å². The Balaban J connectivity index is 0.000000226. The molecule has 0 bridgehead atoms. The van der Waals surface area contributed by atoms with Crippen molar-refractivity contribution in [2.24, 2.45) is 0 Å². The molecule has 2 aliphatic heterocycles. The highest BCUT2D eigenvalue weighted by molar-refractivity contribution is 7.91. The van der Waals surface area contributed by atoms with Crippen molar-refractivity contribution in [1.29, 1.82) is 0 Å². The average molecular weight is 1120 g/mol.